The number of carbonyl (C=O) groups is 1. The molecule has 5 rings (SSSR count). The average Bonchev–Trinajstić information content (AvgIpc) is 3.47. The van der Waals surface area contributed by atoms with Crippen molar-refractivity contribution in [1.29, 1.82) is 0 Å². The molecule has 1 unspecified atom stereocenters. The Morgan fingerprint density at radius 3 is 2.79 bits per heavy atom. The Labute approximate surface area is 167 Å². The number of ether oxygens (including phenoxy) is 3. The van der Waals surface area contributed by atoms with Crippen molar-refractivity contribution >= 4 is 11.6 Å². The molecule has 0 N–H and O–H groups in total. The molecule has 3 heterocycles. The number of nitrogens with zero attached hydrogens (tertiary/aromatic N) is 3. The largest absolute Gasteiger partial charge is 0.494 e. The standard InChI is InChI=1S/C21H19N3O5/c1-2-26-16-6-4-15(5-7-16)24-11-14(10-19(24)25)21-22-20(23-29-21)13-3-8-17-18(9-13)28-12-27-17/h3-9,14H,2,10-12H2,1H3. The molecule has 3 aromatic rings. The van der Waals surface area contributed by atoms with Crippen molar-refractivity contribution in [3.8, 4) is 28.6 Å². The summed E-state index contributed by atoms with van der Waals surface area (Å²) in [5, 5.41) is 4.08. The molecule has 0 bridgehead atoms. The highest BCUT2D eigenvalue weighted by molar-refractivity contribution is 5.96. The van der Waals surface area contributed by atoms with Crippen LogP contribution >= 0.6 is 0 Å². The summed E-state index contributed by atoms with van der Waals surface area (Å²) < 4.78 is 21.7. The molecule has 8 heteroatoms. The molecule has 29 heavy (non-hydrogen) atoms. The quantitative estimate of drug-likeness (QED) is 0.657. The van der Waals surface area contributed by atoms with Crippen molar-refractivity contribution in [2.75, 3.05) is 24.8 Å². The van der Waals surface area contributed by atoms with Gasteiger partial charge < -0.3 is 23.6 Å². The lowest BCUT2D eigenvalue weighted by molar-refractivity contribution is -0.117. The van der Waals surface area contributed by atoms with Crippen molar-refractivity contribution in [3.05, 3.63) is 48.4 Å². The second kappa shape index (κ2) is 7.12. The number of amides is 1. The van der Waals surface area contributed by atoms with Gasteiger partial charge in [-0.1, -0.05) is 5.16 Å². The zero-order valence-corrected chi connectivity index (χ0v) is 15.8. The lowest BCUT2D eigenvalue weighted by Gasteiger charge is -2.16. The molecule has 1 amide bonds. The fourth-order valence-electron chi connectivity index (χ4n) is 3.57. The van der Waals surface area contributed by atoms with E-state index in [0.717, 1.165) is 17.0 Å². The topological polar surface area (TPSA) is 86.9 Å². The Morgan fingerprint density at radius 2 is 1.97 bits per heavy atom. The van der Waals surface area contributed by atoms with Crippen LogP contribution in [0, 0.1) is 0 Å². The van der Waals surface area contributed by atoms with Crippen molar-refractivity contribution in [1.82, 2.24) is 10.1 Å². The van der Waals surface area contributed by atoms with Crippen LogP contribution in [0.25, 0.3) is 11.4 Å². The van der Waals surface area contributed by atoms with Crippen LogP contribution in [0.5, 0.6) is 17.2 Å². The Bertz CT molecular complexity index is 1050. The zero-order valence-electron chi connectivity index (χ0n) is 15.8. The normalized spacial score (nSPS) is 17.8. The fourth-order valence-corrected chi connectivity index (χ4v) is 3.57. The first kappa shape index (κ1) is 17.5. The van der Waals surface area contributed by atoms with Crippen LogP contribution in [0.3, 0.4) is 0 Å². The Kier molecular flexibility index (Phi) is 4.31. The van der Waals surface area contributed by atoms with Gasteiger partial charge in [-0.3, -0.25) is 4.79 Å². The minimum atomic E-state index is -0.149. The minimum absolute atomic E-state index is 0.0296. The van der Waals surface area contributed by atoms with E-state index in [-0.39, 0.29) is 18.6 Å². The number of rotatable bonds is 5. The summed E-state index contributed by atoms with van der Waals surface area (Å²) in [5.74, 6) is 2.94. The van der Waals surface area contributed by atoms with E-state index in [0.29, 0.717) is 42.8 Å². The molecule has 2 aliphatic heterocycles. The summed E-state index contributed by atoms with van der Waals surface area (Å²) in [4.78, 5) is 18.8. The zero-order chi connectivity index (χ0) is 19.8. The number of aromatic nitrogens is 2. The molecule has 1 fully saturated rings. The van der Waals surface area contributed by atoms with Crippen LogP contribution in [0.1, 0.15) is 25.2 Å². The number of anilines is 1. The number of carbonyl (C=O) groups excluding carboxylic acids is 1. The smallest absolute Gasteiger partial charge is 0.232 e. The predicted octanol–water partition coefficient (Wildman–Crippen LogP) is 3.38. The lowest BCUT2D eigenvalue weighted by atomic mass is 10.1. The monoisotopic (exact) mass is 393 g/mol. The van der Waals surface area contributed by atoms with Gasteiger partial charge in [0.2, 0.25) is 24.4 Å². The summed E-state index contributed by atoms with van der Waals surface area (Å²) in [6, 6.07) is 13.0. The first-order chi connectivity index (χ1) is 14.2. The Balaban J connectivity index is 1.33. The molecular formula is C21H19N3O5. The SMILES string of the molecule is CCOc1ccc(N2CC(c3nc(-c4ccc5c(c4)OCO5)no3)CC2=O)cc1. The predicted molar refractivity (Wildman–Crippen MR) is 103 cm³/mol. The maximum absolute atomic E-state index is 12.5. The average molecular weight is 393 g/mol. The summed E-state index contributed by atoms with van der Waals surface area (Å²) >= 11 is 0. The van der Waals surface area contributed by atoms with Crippen molar-refractivity contribution in [2.24, 2.45) is 0 Å². The van der Waals surface area contributed by atoms with Gasteiger partial charge in [-0.15, -0.1) is 0 Å². The first-order valence-corrected chi connectivity index (χ1v) is 9.48. The molecular weight excluding hydrogens is 374 g/mol. The number of benzene rings is 2. The summed E-state index contributed by atoms with van der Waals surface area (Å²) in [7, 11) is 0. The van der Waals surface area contributed by atoms with Gasteiger partial charge in [-0.05, 0) is 49.4 Å². The summed E-state index contributed by atoms with van der Waals surface area (Å²) in [6.07, 6.45) is 0.329. The van der Waals surface area contributed by atoms with Crippen molar-refractivity contribution in [2.45, 2.75) is 19.3 Å². The van der Waals surface area contributed by atoms with Gasteiger partial charge in [0.05, 0.1) is 12.5 Å². The second-order valence-corrected chi connectivity index (χ2v) is 6.86. The molecule has 0 spiro atoms. The minimum Gasteiger partial charge on any atom is -0.494 e. The van der Waals surface area contributed by atoms with Crippen LogP contribution in [0.2, 0.25) is 0 Å². The molecule has 1 atom stereocenters. The van der Waals surface area contributed by atoms with Gasteiger partial charge in [0, 0.05) is 24.2 Å². The third-order valence-corrected chi connectivity index (χ3v) is 5.01. The second-order valence-electron chi connectivity index (χ2n) is 6.86. The van der Waals surface area contributed by atoms with E-state index in [1.165, 1.54) is 0 Å². The molecule has 0 saturated carbocycles. The van der Waals surface area contributed by atoms with Crippen molar-refractivity contribution in [3.63, 3.8) is 0 Å². The molecule has 0 radical (unpaired) electrons. The molecule has 8 nitrogen and oxygen atoms in total. The molecule has 148 valence electrons. The maximum atomic E-state index is 12.5. The van der Waals surface area contributed by atoms with E-state index in [1.54, 1.807) is 4.90 Å². The van der Waals surface area contributed by atoms with E-state index < -0.39 is 0 Å². The highest BCUT2D eigenvalue weighted by Gasteiger charge is 2.35. The molecule has 0 aliphatic carbocycles. The van der Waals surface area contributed by atoms with Crippen LogP contribution in [0.4, 0.5) is 5.69 Å². The highest BCUT2D eigenvalue weighted by Crippen LogP contribution is 2.36. The van der Waals surface area contributed by atoms with Gasteiger partial charge in [0.1, 0.15) is 5.75 Å². The van der Waals surface area contributed by atoms with Gasteiger partial charge in [-0.25, -0.2) is 0 Å². The van der Waals surface area contributed by atoms with Crippen LogP contribution < -0.4 is 19.1 Å². The molecule has 2 aliphatic rings. The first-order valence-electron chi connectivity index (χ1n) is 9.48. The number of hydrogen-bond acceptors (Lipinski definition) is 7. The van der Waals surface area contributed by atoms with Gasteiger partial charge in [0.15, 0.2) is 11.5 Å². The number of fused-ring (bicyclic) bond motifs is 1. The maximum Gasteiger partial charge on any atom is 0.232 e. The third kappa shape index (κ3) is 3.26. The fraction of sp³-hybridized carbons (Fsp3) is 0.286. The van der Waals surface area contributed by atoms with Crippen LogP contribution in [0.15, 0.2) is 47.0 Å². The van der Waals surface area contributed by atoms with Crippen molar-refractivity contribution < 1.29 is 23.5 Å². The highest BCUT2D eigenvalue weighted by atomic mass is 16.7. The van der Waals surface area contributed by atoms with E-state index in [9.17, 15) is 4.79 Å². The summed E-state index contributed by atoms with van der Waals surface area (Å²) in [5.41, 5.74) is 1.61. The van der Waals surface area contributed by atoms with Crippen LogP contribution in [-0.2, 0) is 4.79 Å². The van der Waals surface area contributed by atoms with Gasteiger partial charge >= 0.3 is 0 Å². The Hall–Kier alpha value is -3.55. The van der Waals surface area contributed by atoms with Crippen LogP contribution in [-0.4, -0.2) is 36.0 Å². The van der Waals surface area contributed by atoms with E-state index in [4.69, 9.17) is 18.7 Å². The molecule has 1 aromatic heterocycles. The van der Waals surface area contributed by atoms with E-state index >= 15 is 0 Å². The molecule has 2 aromatic carbocycles. The van der Waals surface area contributed by atoms with E-state index in [2.05, 4.69) is 10.1 Å². The van der Waals surface area contributed by atoms with E-state index in [1.807, 2.05) is 49.4 Å². The number of hydrogen-bond donors (Lipinski definition) is 0. The van der Waals surface area contributed by atoms with Gasteiger partial charge in [-0.2, -0.15) is 4.98 Å². The molecule has 1 saturated heterocycles. The lowest BCUT2D eigenvalue weighted by Crippen LogP contribution is -2.24. The summed E-state index contributed by atoms with van der Waals surface area (Å²) in [6.45, 7) is 3.25. The third-order valence-electron chi connectivity index (χ3n) is 5.01. The van der Waals surface area contributed by atoms with Gasteiger partial charge in [0.25, 0.3) is 0 Å². The Morgan fingerprint density at radius 1 is 1.14 bits per heavy atom.